The first-order chi connectivity index (χ1) is 9.00. The summed E-state index contributed by atoms with van der Waals surface area (Å²) in [6, 6.07) is 0. The minimum absolute atomic E-state index is 0.147. The number of unbranched alkanes of at least 4 members (excludes halogenated alkanes) is 2. The molecule has 0 aromatic rings. The van der Waals surface area contributed by atoms with Crippen molar-refractivity contribution in [3.05, 3.63) is 0 Å². The lowest BCUT2D eigenvalue weighted by Crippen LogP contribution is -2.49. The molecule has 0 saturated carbocycles. The molecule has 114 valence electrons. The van der Waals surface area contributed by atoms with E-state index < -0.39 is 5.54 Å². The number of nitrogens with one attached hydrogen (secondary N) is 1. The Hall–Kier alpha value is -0.610. The molecule has 4 heteroatoms. The lowest BCUT2D eigenvalue weighted by atomic mass is 9.96. The molecule has 0 amide bonds. The van der Waals surface area contributed by atoms with Crippen LogP contribution >= 0.6 is 0 Å². The van der Waals surface area contributed by atoms with Gasteiger partial charge in [0.2, 0.25) is 0 Å². The van der Waals surface area contributed by atoms with E-state index in [1.807, 2.05) is 20.9 Å². The molecule has 0 fully saturated rings. The van der Waals surface area contributed by atoms with Crippen molar-refractivity contribution in [3.8, 4) is 0 Å². The van der Waals surface area contributed by atoms with Crippen LogP contribution in [0.2, 0.25) is 0 Å². The van der Waals surface area contributed by atoms with Gasteiger partial charge >= 0.3 is 5.97 Å². The van der Waals surface area contributed by atoms with Crippen molar-refractivity contribution >= 4 is 5.97 Å². The third-order valence-electron chi connectivity index (χ3n) is 3.64. The van der Waals surface area contributed by atoms with Gasteiger partial charge in [-0.15, -0.1) is 0 Å². The number of nitrogens with zero attached hydrogens (tertiary/aromatic N) is 1. The first kappa shape index (κ1) is 18.4. The Bertz CT molecular complexity index is 246. The predicted octanol–water partition coefficient (Wildman–Crippen LogP) is 2.43. The molecule has 0 aromatic carbocycles. The monoisotopic (exact) mass is 272 g/mol. The molecule has 0 rings (SSSR count). The van der Waals surface area contributed by atoms with E-state index in [4.69, 9.17) is 4.74 Å². The molecule has 4 nitrogen and oxygen atoms in total. The van der Waals surface area contributed by atoms with Crippen molar-refractivity contribution in [1.82, 2.24) is 10.2 Å². The van der Waals surface area contributed by atoms with Crippen LogP contribution in [0.5, 0.6) is 0 Å². The van der Waals surface area contributed by atoms with Crippen molar-refractivity contribution in [1.29, 1.82) is 0 Å². The van der Waals surface area contributed by atoms with Crippen LogP contribution in [0.4, 0.5) is 0 Å². The van der Waals surface area contributed by atoms with E-state index in [0.717, 1.165) is 25.9 Å². The van der Waals surface area contributed by atoms with Gasteiger partial charge in [0.1, 0.15) is 5.54 Å². The van der Waals surface area contributed by atoms with Gasteiger partial charge in [-0.05, 0) is 60.3 Å². The Morgan fingerprint density at radius 2 is 1.84 bits per heavy atom. The fourth-order valence-corrected chi connectivity index (χ4v) is 2.07. The maximum atomic E-state index is 11.9. The Morgan fingerprint density at radius 3 is 2.37 bits per heavy atom. The van der Waals surface area contributed by atoms with E-state index in [9.17, 15) is 4.79 Å². The molecule has 1 unspecified atom stereocenters. The van der Waals surface area contributed by atoms with Crippen molar-refractivity contribution in [2.75, 3.05) is 33.8 Å². The number of carbonyl (C=O) groups is 1. The lowest BCUT2D eigenvalue weighted by Gasteiger charge is -2.27. The molecule has 1 atom stereocenters. The van der Waals surface area contributed by atoms with E-state index in [2.05, 4.69) is 24.2 Å². The zero-order chi connectivity index (χ0) is 14.7. The molecule has 0 saturated heterocycles. The first-order valence-corrected chi connectivity index (χ1v) is 7.54. The summed E-state index contributed by atoms with van der Waals surface area (Å²) in [5.74, 6) is -0.147. The fraction of sp³-hybridized carbons (Fsp3) is 0.933. The Kier molecular flexibility index (Phi) is 9.88. The molecule has 0 aliphatic rings. The van der Waals surface area contributed by atoms with Crippen LogP contribution in [0.25, 0.3) is 0 Å². The fourth-order valence-electron chi connectivity index (χ4n) is 2.07. The Labute approximate surface area is 118 Å². The van der Waals surface area contributed by atoms with E-state index >= 15 is 0 Å². The zero-order valence-electron chi connectivity index (χ0n) is 13.4. The quantitative estimate of drug-likeness (QED) is 0.463. The number of hydrogen-bond donors (Lipinski definition) is 1. The third kappa shape index (κ3) is 7.53. The first-order valence-electron chi connectivity index (χ1n) is 7.54. The van der Waals surface area contributed by atoms with Crippen molar-refractivity contribution in [2.45, 2.75) is 58.4 Å². The van der Waals surface area contributed by atoms with Crippen LogP contribution in [0, 0.1) is 0 Å². The highest BCUT2D eigenvalue weighted by Gasteiger charge is 2.32. The second-order valence-corrected chi connectivity index (χ2v) is 5.42. The van der Waals surface area contributed by atoms with E-state index in [1.165, 1.54) is 19.3 Å². The normalized spacial score (nSPS) is 14.4. The van der Waals surface area contributed by atoms with Gasteiger partial charge in [-0.3, -0.25) is 4.79 Å². The second-order valence-electron chi connectivity index (χ2n) is 5.42. The maximum Gasteiger partial charge on any atom is 0.326 e. The third-order valence-corrected chi connectivity index (χ3v) is 3.64. The lowest BCUT2D eigenvalue weighted by molar-refractivity contribution is -0.150. The Morgan fingerprint density at radius 1 is 1.21 bits per heavy atom. The van der Waals surface area contributed by atoms with Gasteiger partial charge in [0, 0.05) is 0 Å². The average Bonchev–Trinajstić information content (AvgIpc) is 2.39. The van der Waals surface area contributed by atoms with E-state index in [1.54, 1.807) is 0 Å². The van der Waals surface area contributed by atoms with E-state index in [-0.39, 0.29) is 5.97 Å². The number of carbonyl (C=O) groups excluding carboxylic acids is 1. The van der Waals surface area contributed by atoms with Gasteiger partial charge in [0.15, 0.2) is 0 Å². The SMILES string of the molecule is CCCCCN(C)CCCC(C)(NC)C(=O)OCC. The number of hydrogen-bond acceptors (Lipinski definition) is 4. The van der Waals surface area contributed by atoms with Gasteiger partial charge in [-0.2, -0.15) is 0 Å². The highest BCUT2D eigenvalue weighted by molar-refractivity contribution is 5.80. The van der Waals surface area contributed by atoms with Gasteiger partial charge in [0.25, 0.3) is 0 Å². The highest BCUT2D eigenvalue weighted by atomic mass is 16.5. The van der Waals surface area contributed by atoms with Gasteiger partial charge in [-0.1, -0.05) is 19.8 Å². The Balaban J connectivity index is 3.97. The maximum absolute atomic E-state index is 11.9. The molecule has 0 aliphatic heterocycles. The van der Waals surface area contributed by atoms with Crippen molar-refractivity contribution < 1.29 is 9.53 Å². The molecular formula is C15H32N2O2. The largest absolute Gasteiger partial charge is 0.465 e. The van der Waals surface area contributed by atoms with Crippen molar-refractivity contribution in [2.24, 2.45) is 0 Å². The van der Waals surface area contributed by atoms with Crippen molar-refractivity contribution in [3.63, 3.8) is 0 Å². The summed E-state index contributed by atoms with van der Waals surface area (Å²) in [5.41, 5.74) is -0.555. The standard InChI is InChI=1S/C15H32N2O2/c1-6-8-9-12-17(5)13-10-11-15(3,16-4)14(18)19-7-2/h16H,6-13H2,1-5H3. The number of rotatable bonds is 11. The van der Waals surface area contributed by atoms with E-state index in [0.29, 0.717) is 6.61 Å². The minimum Gasteiger partial charge on any atom is -0.465 e. The summed E-state index contributed by atoms with van der Waals surface area (Å²) in [4.78, 5) is 14.2. The molecule has 0 aliphatic carbocycles. The smallest absolute Gasteiger partial charge is 0.326 e. The summed E-state index contributed by atoms with van der Waals surface area (Å²) < 4.78 is 5.12. The van der Waals surface area contributed by atoms with Gasteiger partial charge in [0.05, 0.1) is 6.61 Å². The molecule has 19 heavy (non-hydrogen) atoms. The van der Waals surface area contributed by atoms with Crippen LogP contribution < -0.4 is 5.32 Å². The molecule has 1 N–H and O–H groups in total. The summed E-state index contributed by atoms with van der Waals surface area (Å²) in [6.07, 6.45) is 5.61. The summed E-state index contributed by atoms with van der Waals surface area (Å²) in [5, 5.41) is 3.10. The summed E-state index contributed by atoms with van der Waals surface area (Å²) >= 11 is 0. The number of ether oxygens (including phenoxy) is 1. The van der Waals surface area contributed by atoms with Crippen LogP contribution in [-0.4, -0.2) is 50.2 Å². The molecule has 0 bridgehead atoms. The average molecular weight is 272 g/mol. The van der Waals surface area contributed by atoms with Crippen LogP contribution in [0.3, 0.4) is 0 Å². The molecule has 0 radical (unpaired) electrons. The zero-order valence-corrected chi connectivity index (χ0v) is 13.4. The van der Waals surface area contributed by atoms with Crippen LogP contribution in [0.15, 0.2) is 0 Å². The molecule has 0 spiro atoms. The predicted molar refractivity (Wildman–Crippen MR) is 80.4 cm³/mol. The highest BCUT2D eigenvalue weighted by Crippen LogP contribution is 2.14. The second kappa shape index (κ2) is 10.2. The summed E-state index contributed by atoms with van der Waals surface area (Å²) in [7, 11) is 3.97. The molecule has 0 aromatic heterocycles. The minimum atomic E-state index is -0.555. The van der Waals surface area contributed by atoms with Gasteiger partial charge < -0.3 is 15.0 Å². The number of likely N-dealkylation sites (N-methyl/N-ethyl adjacent to an activating group) is 1. The number of esters is 1. The van der Waals surface area contributed by atoms with Crippen LogP contribution in [0.1, 0.15) is 52.9 Å². The molecule has 0 heterocycles. The molecular weight excluding hydrogens is 240 g/mol. The van der Waals surface area contributed by atoms with Crippen LogP contribution in [-0.2, 0) is 9.53 Å². The van der Waals surface area contributed by atoms with Gasteiger partial charge in [-0.25, -0.2) is 0 Å². The topological polar surface area (TPSA) is 41.6 Å². The summed E-state index contributed by atoms with van der Waals surface area (Å²) in [6.45, 7) is 8.59.